The molecule has 0 fully saturated rings. The number of hydrogen-bond acceptors (Lipinski definition) is 9. The van der Waals surface area contributed by atoms with Crippen molar-refractivity contribution in [2.45, 2.75) is 62.9 Å². The number of nitrogens with zero attached hydrogens (tertiary/aromatic N) is 1. The van der Waals surface area contributed by atoms with E-state index in [1.165, 1.54) is 18.7 Å². The zero-order valence-corrected chi connectivity index (χ0v) is 20.4. The van der Waals surface area contributed by atoms with Crippen molar-refractivity contribution in [2.24, 2.45) is 22.2 Å². The molecule has 0 saturated heterocycles. The number of aliphatic imine (C=N–C) groups is 1. The number of nitrogens with two attached hydrogens (primary N) is 3. The molecule has 0 rings (SSSR count). The van der Waals surface area contributed by atoms with Crippen LogP contribution in [0.15, 0.2) is 4.99 Å². The SMILES string of the molecule is CSCCC(NC(=O)C(NC(=O)C(N)CCCN=C(N)N)C(C)O)C(=O)NC(CC(=O)O)C(=O)O. The largest absolute Gasteiger partial charge is 0.481 e. The fourth-order valence-electron chi connectivity index (χ4n) is 2.73. The summed E-state index contributed by atoms with van der Waals surface area (Å²) >= 11 is 1.35. The highest BCUT2D eigenvalue weighted by Crippen LogP contribution is 2.05. The predicted octanol–water partition coefficient (Wildman–Crippen LogP) is -3.49. The van der Waals surface area contributed by atoms with E-state index in [9.17, 15) is 29.1 Å². The van der Waals surface area contributed by atoms with Gasteiger partial charge in [0.1, 0.15) is 18.1 Å². The summed E-state index contributed by atoms with van der Waals surface area (Å²) in [5, 5.41) is 34.8. The van der Waals surface area contributed by atoms with Crippen LogP contribution in [0.25, 0.3) is 0 Å². The lowest BCUT2D eigenvalue weighted by atomic mass is 10.1. The fraction of sp³-hybridized carbons (Fsp3) is 0.684. The lowest BCUT2D eigenvalue weighted by Crippen LogP contribution is -2.60. The molecule has 200 valence electrons. The molecule has 0 aromatic heterocycles. The normalized spacial score (nSPS) is 15.0. The molecule has 0 spiro atoms. The molecule has 5 unspecified atom stereocenters. The van der Waals surface area contributed by atoms with Crippen molar-refractivity contribution >= 4 is 47.4 Å². The van der Waals surface area contributed by atoms with Crippen molar-refractivity contribution in [3.05, 3.63) is 0 Å². The quantitative estimate of drug-likeness (QED) is 0.0512. The minimum absolute atomic E-state index is 0.0724. The maximum absolute atomic E-state index is 12.8. The summed E-state index contributed by atoms with van der Waals surface area (Å²) in [7, 11) is 0. The van der Waals surface area contributed by atoms with Crippen LogP contribution in [0.2, 0.25) is 0 Å². The highest BCUT2D eigenvalue weighted by atomic mass is 32.2. The van der Waals surface area contributed by atoms with Gasteiger partial charge in [-0.3, -0.25) is 24.2 Å². The zero-order chi connectivity index (χ0) is 27.1. The van der Waals surface area contributed by atoms with Gasteiger partial charge in [-0.15, -0.1) is 0 Å². The number of aliphatic hydroxyl groups excluding tert-OH is 1. The molecular formula is C19H35N7O8S. The summed E-state index contributed by atoms with van der Waals surface area (Å²) in [6.45, 7) is 1.49. The molecule has 0 aromatic rings. The van der Waals surface area contributed by atoms with Gasteiger partial charge in [0.15, 0.2) is 5.96 Å². The van der Waals surface area contributed by atoms with Gasteiger partial charge in [-0.2, -0.15) is 11.8 Å². The van der Waals surface area contributed by atoms with Crippen molar-refractivity contribution in [3.63, 3.8) is 0 Å². The van der Waals surface area contributed by atoms with E-state index in [0.717, 1.165) is 0 Å². The minimum atomic E-state index is -1.71. The van der Waals surface area contributed by atoms with Crippen LogP contribution in [0.5, 0.6) is 0 Å². The van der Waals surface area contributed by atoms with Crippen LogP contribution in [-0.2, 0) is 24.0 Å². The molecule has 0 bridgehead atoms. The number of nitrogens with one attached hydrogen (secondary N) is 3. The van der Waals surface area contributed by atoms with E-state index >= 15 is 0 Å². The molecule has 35 heavy (non-hydrogen) atoms. The van der Waals surface area contributed by atoms with E-state index in [-0.39, 0.29) is 25.3 Å². The van der Waals surface area contributed by atoms with Crippen LogP contribution >= 0.6 is 11.8 Å². The van der Waals surface area contributed by atoms with Crippen molar-refractivity contribution in [3.8, 4) is 0 Å². The first-order valence-corrected chi connectivity index (χ1v) is 12.0. The fourth-order valence-corrected chi connectivity index (χ4v) is 3.20. The molecule has 16 heteroatoms. The highest BCUT2D eigenvalue weighted by molar-refractivity contribution is 7.98. The first-order chi connectivity index (χ1) is 16.3. The summed E-state index contributed by atoms with van der Waals surface area (Å²) in [4.78, 5) is 63.7. The van der Waals surface area contributed by atoms with Gasteiger partial charge in [0.25, 0.3) is 0 Å². The molecule has 0 radical (unpaired) electrons. The standard InChI is InChI=1S/C19H35N7O8S/c1-9(27)14(26-15(30)10(20)4-3-6-23-19(21)22)17(32)24-11(5-7-35-2)16(31)25-12(18(33)34)8-13(28)29/h9-12,14,27H,3-8,20H2,1-2H3,(H,24,32)(H,25,31)(H,26,30)(H,28,29)(H,33,34)(H4,21,22,23). The van der Waals surface area contributed by atoms with E-state index in [1.54, 1.807) is 6.26 Å². The summed E-state index contributed by atoms with van der Waals surface area (Å²) in [5.74, 6) is -5.27. The first kappa shape index (κ1) is 31.9. The number of carboxylic acids is 2. The second-order valence-electron chi connectivity index (χ2n) is 7.62. The van der Waals surface area contributed by atoms with Gasteiger partial charge in [-0.05, 0) is 38.2 Å². The lowest BCUT2D eigenvalue weighted by Gasteiger charge is -2.26. The Morgan fingerprint density at radius 2 is 1.54 bits per heavy atom. The third-order valence-electron chi connectivity index (χ3n) is 4.60. The topological polar surface area (TPSA) is 273 Å². The summed E-state index contributed by atoms with van der Waals surface area (Å²) in [5.41, 5.74) is 16.2. The monoisotopic (exact) mass is 521 g/mol. The average Bonchev–Trinajstić information content (AvgIpc) is 2.75. The molecule has 15 nitrogen and oxygen atoms in total. The Morgan fingerprint density at radius 3 is 2.03 bits per heavy atom. The van der Waals surface area contributed by atoms with Crippen LogP contribution < -0.4 is 33.2 Å². The van der Waals surface area contributed by atoms with Crippen LogP contribution in [0.4, 0.5) is 0 Å². The van der Waals surface area contributed by atoms with Gasteiger partial charge >= 0.3 is 11.9 Å². The molecule has 0 aliphatic carbocycles. The van der Waals surface area contributed by atoms with Crippen molar-refractivity contribution in [1.82, 2.24) is 16.0 Å². The average molecular weight is 522 g/mol. The Balaban J connectivity index is 5.29. The second-order valence-corrected chi connectivity index (χ2v) is 8.61. The van der Waals surface area contributed by atoms with E-state index in [2.05, 4.69) is 20.9 Å². The van der Waals surface area contributed by atoms with Gasteiger partial charge in [-0.25, -0.2) is 4.79 Å². The summed E-state index contributed by atoms with van der Waals surface area (Å²) in [6, 6.07) is -5.46. The Bertz CT molecular complexity index is 776. The predicted molar refractivity (Wildman–Crippen MR) is 128 cm³/mol. The van der Waals surface area contributed by atoms with Gasteiger partial charge in [0.2, 0.25) is 17.7 Å². The Labute approximate surface area is 206 Å². The number of aliphatic carboxylic acids is 2. The number of hydrogen-bond donors (Lipinski definition) is 9. The van der Waals surface area contributed by atoms with Gasteiger partial charge in [0.05, 0.1) is 18.6 Å². The molecule has 0 heterocycles. The molecule has 0 saturated carbocycles. The van der Waals surface area contributed by atoms with Crippen molar-refractivity contribution in [2.75, 3.05) is 18.6 Å². The number of carbonyl (C=O) groups excluding carboxylic acids is 3. The number of carbonyl (C=O) groups is 5. The molecule has 3 amide bonds. The maximum atomic E-state index is 12.8. The molecule has 0 aliphatic rings. The first-order valence-electron chi connectivity index (χ1n) is 10.6. The zero-order valence-electron chi connectivity index (χ0n) is 19.6. The van der Waals surface area contributed by atoms with Crippen LogP contribution in [-0.4, -0.2) is 99.8 Å². The number of thioether (sulfide) groups is 1. The molecule has 5 atom stereocenters. The number of amides is 3. The van der Waals surface area contributed by atoms with Crippen LogP contribution in [0.3, 0.4) is 0 Å². The Kier molecular flexibility index (Phi) is 15.0. The van der Waals surface area contributed by atoms with E-state index < -0.39 is 66.4 Å². The maximum Gasteiger partial charge on any atom is 0.326 e. The highest BCUT2D eigenvalue weighted by Gasteiger charge is 2.32. The number of rotatable bonds is 17. The smallest absolute Gasteiger partial charge is 0.326 e. The van der Waals surface area contributed by atoms with Crippen molar-refractivity contribution < 1.29 is 39.3 Å². The third kappa shape index (κ3) is 13.4. The van der Waals surface area contributed by atoms with Gasteiger partial charge < -0.3 is 48.5 Å². The molecular weight excluding hydrogens is 486 g/mol. The van der Waals surface area contributed by atoms with Crippen LogP contribution in [0.1, 0.15) is 32.6 Å². The number of carboxylic acid groups (broad SMARTS) is 2. The van der Waals surface area contributed by atoms with Crippen molar-refractivity contribution in [1.29, 1.82) is 0 Å². The number of guanidine groups is 1. The van der Waals surface area contributed by atoms with Gasteiger partial charge in [0, 0.05) is 6.54 Å². The molecule has 0 aromatic carbocycles. The summed E-state index contributed by atoms with van der Waals surface area (Å²) in [6.07, 6.45) is 0.164. The van der Waals surface area contributed by atoms with E-state index in [0.29, 0.717) is 12.2 Å². The number of aliphatic hydroxyl groups is 1. The summed E-state index contributed by atoms with van der Waals surface area (Å²) < 4.78 is 0. The Hall–Kier alpha value is -3.11. The van der Waals surface area contributed by atoms with E-state index in [1.807, 2.05) is 0 Å². The molecule has 0 aliphatic heterocycles. The second kappa shape index (κ2) is 16.5. The Morgan fingerprint density at radius 1 is 0.943 bits per heavy atom. The third-order valence-corrected chi connectivity index (χ3v) is 5.25. The minimum Gasteiger partial charge on any atom is -0.481 e. The van der Waals surface area contributed by atoms with E-state index in [4.69, 9.17) is 27.4 Å². The van der Waals surface area contributed by atoms with Crippen LogP contribution in [0, 0.1) is 0 Å². The van der Waals surface area contributed by atoms with Gasteiger partial charge in [-0.1, -0.05) is 0 Å². The lowest BCUT2D eigenvalue weighted by molar-refractivity contribution is -0.147. The molecule has 12 N–H and O–H groups in total.